The van der Waals surface area contributed by atoms with Crippen molar-refractivity contribution in [1.29, 1.82) is 0 Å². The van der Waals surface area contributed by atoms with Crippen LogP contribution >= 0.6 is 0 Å². The Balaban J connectivity index is 1.63. The van der Waals surface area contributed by atoms with Crippen LogP contribution in [0.3, 0.4) is 0 Å². The van der Waals surface area contributed by atoms with Crippen molar-refractivity contribution < 1.29 is 9.47 Å². The number of hydrogen-bond donors (Lipinski definition) is 1. The highest BCUT2D eigenvalue weighted by molar-refractivity contribution is 5.47. The average Bonchev–Trinajstić information content (AvgIpc) is 3.00. The van der Waals surface area contributed by atoms with Gasteiger partial charge in [-0.3, -0.25) is 4.68 Å². The molecule has 0 saturated heterocycles. The van der Waals surface area contributed by atoms with Crippen LogP contribution in [-0.2, 0) is 6.54 Å². The number of ether oxygens (including phenoxy) is 2. The lowest BCUT2D eigenvalue weighted by atomic mass is 10.1. The van der Waals surface area contributed by atoms with Gasteiger partial charge < -0.3 is 19.7 Å². The van der Waals surface area contributed by atoms with Crippen molar-refractivity contribution in [3.8, 4) is 11.5 Å². The summed E-state index contributed by atoms with van der Waals surface area (Å²) in [5.74, 6) is 1.65. The Morgan fingerprint density at radius 1 is 1.26 bits per heavy atom. The maximum Gasteiger partial charge on any atom is 0.161 e. The molecule has 0 unspecified atom stereocenters. The van der Waals surface area contributed by atoms with E-state index in [0.717, 1.165) is 35.8 Å². The molecule has 1 aliphatic heterocycles. The van der Waals surface area contributed by atoms with Gasteiger partial charge in [-0.25, -0.2) is 0 Å². The lowest BCUT2D eigenvalue weighted by Gasteiger charge is -2.21. The third-order valence-electron chi connectivity index (χ3n) is 3.86. The molecule has 124 valence electrons. The van der Waals surface area contributed by atoms with Gasteiger partial charge in [-0.15, -0.1) is 0 Å². The largest absolute Gasteiger partial charge is 0.486 e. The zero-order valence-electron chi connectivity index (χ0n) is 14.0. The van der Waals surface area contributed by atoms with Gasteiger partial charge in [0.2, 0.25) is 0 Å². The van der Waals surface area contributed by atoms with Crippen LogP contribution in [0, 0.1) is 0 Å². The summed E-state index contributed by atoms with van der Waals surface area (Å²) in [6.45, 7) is 5.21. The predicted molar refractivity (Wildman–Crippen MR) is 90.3 cm³/mol. The van der Waals surface area contributed by atoms with Crippen LogP contribution in [0.1, 0.15) is 18.5 Å². The molecule has 0 fully saturated rings. The molecule has 2 aromatic rings. The van der Waals surface area contributed by atoms with Gasteiger partial charge >= 0.3 is 0 Å². The lowest BCUT2D eigenvalue weighted by molar-refractivity contribution is 0.171. The molecule has 0 saturated carbocycles. The van der Waals surface area contributed by atoms with Crippen molar-refractivity contribution in [2.45, 2.75) is 19.5 Å². The van der Waals surface area contributed by atoms with E-state index in [2.05, 4.69) is 42.4 Å². The molecule has 6 nitrogen and oxygen atoms in total. The van der Waals surface area contributed by atoms with Gasteiger partial charge in [-0.1, -0.05) is 6.07 Å². The van der Waals surface area contributed by atoms with Crippen molar-refractivity contribution in [2.24, 2.45) is 0 Å². The van der Waals surface area contributed by atoms with E-state index in [-0.39, 0.29) is 6.04 Å². The predicted octanol–water partition coefficient (Wildman–Crippen LogP) is 2.39. The number of hydrogen-bond acceptors (Lipinski definition) is 5. The molecule has 3 rings (SSSR count). The second-order valence-corrected chi connectivity index (χ2v) is 6.06. The van der Waals surface area contributed by atoms with E-state index in [1.165, 1.54) is 0 Å². The highest BCUT2D eigenvalue weighted by atomic mass is 16.6. The Hall–Kier alpha value is -2.21. The van der Waals surface area contributed by atoms with Crippen molar-refractivity contribution in [2.75, 3.05) is 39.2 Å². The minimum atomic E-state index is 0.164. The Morgan fingerprint density at radius 2 is 2.04 bits per heavy atom. The van der Waals surface area contributed by atoms with E-state index >= 15 is 0 Å². The Bertz CT molecular complexity index is 654. The van der Waals surface area contributed by atoms with E-state index < -0.39 is 0 Å². The molecule has 2 heterocycles. The maximum atomic E-state index is 5.65. The fourth-order valence-electron chi connectivity index (χ4n) is 2.53. The summed E-state index contributed by atoms with van der Waals surface area (Å²) < 4.78 is 13.2. The molecule has 0 aliphatic carbocycles. The number of nitrogens with one attached hydrogen (secondary N) is 1. The van der Waals surface area contributed by atoms with Crippen LogP contribution in [0.2, 0.25) is 0 Å². The number of rotatable bonds is 6. The van der Waals surface area contributed by atoms with Gasteiger partial charge in [0.25, 0.3) is 0 Å². The number of fused-ring (bicyclic) bond motifs is 1. The quantitative estimate of drug-likeness (QED) is 0.887. The topological polar surface area (TPSA) is 51.6 Å². The summed E-state index contributed by atoms with van der Waals surface area (Å²) in [7, 11) is 4.12. The maximum absolute atomic E-state index is 5.65. The summed E-state index contributed by atoms with van der Waals surface area (Å²) in [6.07, 6.45) is 3.90. The lowest BCUT2D eigenvalue weighted by Crippen LogP contribution is -2.18. The minimum absolute atomic E-state index is 0.164. The third-order valence-corrected chi connectivity index (χ3v) is 3.86. The van der Waals surface area contributed by atoms with Gasteiger partial charge in [0.05, 0.1) is 18.4 Å². The van der Waals surface area contributed by atoms with E-state index in [9.17, 15) is 0 Å². The van der Waals surface area contributed by atoms with Gasteiger partial charge in [0.15, 0.2) is 11.5 Å². The Labute approximate surface area is 137 Å². The summed E-state index contributed by atoms with van der Waals surface area (Å²) in [5.41, 5.74) is 2.18. The first-order valence-electron chi connectivity index (χ1n) is 7.95. The smallest absolute Gasteiger partial charge is 0.161 e. The zero-order valence-corrected chi connectivity index (χ0v) is 14.0. The first-order valence-corrected chi connectivity index (χ1v) is 7.95. The standard InChI is InChI=1S/C17H24N4O2/c1-13(14-4-5-16-17(10-14)23-9-8-22-16)19-15-11-18-21(12-15)7-6-20(2)3/h4-5,10-13,19H,6-9H2,1-3H3/t13-/m1/s1. The Morgan fingerprint density at radius 3 is 2.83 bits per heavy atom. The SMILES string of the molecule is C[C@@H](Nc1cnn(CCN(C)C)c1)c1ccc2c(c1)OCCO2. The van der Waals surface area contributed by atoms with Crippen molar-refractivity contribution in [3.63, 3.8) is 0 Å². The van der Waals surface area contributed by atoms with Crippen LogP contribution in [-0.4, -0.2) is 48.5 Å². The van der Waals surface area contributed by atoms with E-state index in [4.69, 9.17) is 9.47 Å². The van der Waals surface area contributed by atoms with Crippen LogP contribution in [0.25, 0.3) is 0 Å². The number of aromatic nitrogens is 2. The first-order chi connectivity index (χ1) is 11.1. The highest BCUT2D eigenvalue weighted by Gasteiger charge is 2.14. The van der Waals surface area contributed by atoms with Crippen LogP contribution < -0.4 is 14.8 Å². The number of anilines is 1. The third kappa shape index (κ3) is 3.96. The molecule has 0 radical (unpaired) electrons. The molecule has 0 amide bonds. The summed E-state index contributed by atoms with van der Waals surface area (Å²) >= 11 is 0. The summed E-state index contributed by atoms with van der Waals surface area (Å²) in [4.78, 5) is 2.15. The first kappa shape index (κ1) is 15.7. The average molecular weight is 316 g/mol. The number of benzene rings is 1. The molecule has 0 bridgehead atoms. The van der Waals surface area contributed by atoms with E-state index in [1.807, 2.05) is 29.2 Å². The minimum Gasteiger partial charge on any atom is -0.486 e. The molecule has 23 heavy (non-hydrogen) atoms. The molecule has 0 spiro atoms. The monoisotopic (exact) mass is 316 g/mol. The van der Waals surface area contributed by atoms with Crippen LogP contribution in [0.4, 0.5) is 5.69 Å². The summed E-state index contributed by atoms with van der Waals surface area (Å²) in [5, 5.41) is 7.87. The molecule has 1 aromatic carbocycles. The fourth-order valence-corrected chi connectivity index (χ4v) is 2.53. The second kappa shape index (κ2) is 6.91. The van der Waals surface area contributed by atoms with Crippen molar-refractivity contribution in [1.82, 2.24) is 14.7 Å². The summed E-state index contributed by atoms with van der Waals surface area (Å²) in [6, 6.07) is 6.25. The van der Waals surface area contributed by atoms with E-state index in [0.29, 0.717) is 13.2 Å². The van der Waals surface area contributed by atoms with Gasteiger partial charge in [0.1, 0.15) is 13.2 Å². The highest BCUT2D eigenvalue weighted by Crippen LogP contribution is 2.33. The molecular formula is C17H24N4O2. The fraction of sp³-hybridized carbons (Fsp3) is 0.471. The molecular weight excluding hydrogens is 292 g/mol. The number of likely N-dealkylation sites (N-methyl/N-ethyl adjacent to an activating group) is 1. The van der Waals surface area contributed by atoms with Gasteiger partial charge in [0, 0.05) is 18.8 Å². The van der Waals surface area contributed by atoms with Crippen LogP contribution in [0.15, 0.2) is 30.6 Å². The number of nitrogens with zero attached hydrogens (tertiary/aromatic N) is 3. The zero-order chi connectivity index (χ0) is 16.2. The van der Waals surface area contributed by atoms with Crippen molar-refractivity contribution in [3.05, 3.63) is 36.2 Å². The van der Waals surface area contributed by atoms with Crippen LogP contribution in [0.5, 0.6) is 11.5 Å². The van der Waals surface area contributed by atoms with Gasteiger partial charge in [-0.2, -0.15) is 5.10 Å². The van der Waals surface area contributed by atoms with Gasteiger partial charge in [-0.05, 0) is 38.7 Å². The molecule has 1 aromatic heterocycles. The molecule has 1 N–H and O–H groups in total. The van der Waals surface area contributed by atoms with E-state index in [1.54, 1.807) is 0 Å². The normalized spacial score (nSPS) is 14.8. The second-order valence-electron chi connectivity index (χ2n) is 6.06. The molecule has 1 atom stereocenters. The molecule has 6 heteroatoms. The molecule has 1 aliphatic rings. The Kier molecular flexibility index (Phi) is 4.71. The van der Waals surface area contributed by atoms with Crippen molar-refractivity contribution >= 4 is 5.69 Å².